The van der Waals surface area contributed by atoms with E-state index in [1.165, 1.54) is 11.3 Å². The van der Waals surface area contributed by atoms with Crippen LogP contribution in [0.1, 0.15) is 29.3 Å². The number of carbonyl (C=O) groups is 1. The lowest BCUT2D eigenvalue weighted by molar-refractivity contribution is 0.0281. The normalized spacial score (nSPS) is 11.9. The third kappa shape index (κ3) is 3.24. The zero-order chi connectivity index (χ0) is 16.2. The summed E-state index contributed by atoms with van der Waals surface area (Å²) in [5, 5.41) is 12.8. The van der Waals surface area contributed by atoms with Crippen LogP contribution in [0, 0.1) is 0 Å². The molecule has 0 aliphatic carbocycles. The predicted molar refractivity (Wildman–Crippen MR) is 87.4 cm³/mol. The van der Waals surface area contributed by atoms with Gasteiger partial charge >= 0.3 is 5.97 Å². The Morgan fingerprint density at radius 1 is 1.26 bits per heavy atom. The molecule has 0 fully saturated rings. The molecule has 0 bridgehead atoms. The first kappa shape index (κ1) is 15.2. The molecule has 0 spiro atoms. The average Bonchev–Trinajstić information content (AvgIpc) is 3.25. The van der Waals surface area contributed by atoms with Crippen molar-refractivity contribution in [1.29, 1.82) is 0 Å². The van der Waals surface area contributed by atoms with E-state index in [4.69, 9.17) is 9.15 Å². The second kappa shape index (κ2) is 6.62. The van der Waals surface area contributed by atoms with Crippen molar-refractivity contribution in [3.05, 3.63) is 53.2 Å². The molecule has 118 valence electrons. The molecule has 0 aliphatic heterocycles. The number of ether oxygens (including phenoxy) is 1. The van der Waals surface area contributed by atoms with Gasteiger partial charge in [0.05, 0.1) is 10.4 Å². The summed E-state index contributed by atoms with van der Waals surface area (Å²) >= 11 is 1.50. The third-order valence-electron chi connectivity index (χ3n) is 3.22. The minimum absolute atomic E-state index is 0.267. The molecule has 23 heavy (non-hydrogen) atoms. The van der Waals surface area contributed by atoms with E-state index in [2.05, 4.69) is 15.5 Å². The van der Waals surface area contributed by atoms with E-state index in [-0.39, 0.29) is 5.89 Å². The summed E-state index contributed by atoms with van der Waals surface area (Å²) in [4.78, 5) is 13.2. The number of thiophene rings is 1. The molecule has 1 aromatic carbocycles. The van der Waals surface area contributed by atoms with Gasteiger partial charge in [-0.05, 0) is 30.5 Å². The van der Waals surface area contributed by atoms with E-state index in [1.54, 1.807) is 26.1 Å². The number of hydrogen-bond acceptors (Lipinski definition) is 7. The molecule has 0 amide bonds. The van der Waals surface area contributed by atoms with Gasteiger partial charge < -0.3 is 14.5 Å². The first-order valence-corrected chi connectivity index (χ1v) is 7.92. The van der Waals surface area contributed by atoms with E-state index in [0.717, 1.165) is 4.88 Å². The number of aromatic nitrogens is 2. The van der Waals surface area contributed by atoms with Gasteiger partial charge in [0.25, 0.3) is 11.8 Å². The van der Waals surface area contributed by atoms with Gasteiger partial charge in [0.2, 0.25) is 0 Å². The minimum Gasteiger partial charge on any atom is -0.449 e. The van der Waals surface area contributed by atoms with Crippen molar-refractivity contribution in [2.24, 2.45) is 0 Å². The lowest BCUT2D eigenvalue weighted by Crippen LogP contribution is -2.11. The SMILES string of the molecule is CNc1ccccc1C(=O)O[C@@H](C)c1nnc(-c2cccs2)o1. The highest BCUT2D eigenvalue weighted by Gasteiger charge is 2.21. The summed E-state index contributed by atoms with van der Waals surface area (Å²) in [6.07, 6.45) is -0.631. The summed E-state index contributed by atoms with van der Waals surface area (Å²) in [6.45, 7) is 1.70. The van der Waals surface area contributed by atoms with Gasteiger partial charge in [0.1, 0.15) is 0 Å². The van der Waals surface area contributed by atoms with Crippen molar-refractivity contribution in [1.82, 2.24) is 10.2 Å². The molecule has 0 aliphatic rings. The van der Waals surface area contributed by atoms with E-state index in [0.29, 0.717) is 17.1 Å². The van der Waals surface area contributed by atoms with E-state index < -0.39 is 12.1 Å². The number of benzene rings is 1. The van der Waals surface area contributed by atoms with Crippen molar-refractivity contribution in [3.63, 3.8) is 0 Å². The predicted octanol–water partition coefficient (Wildman–Crippen LogP) is 3.76. The number of nitrogens with zero attached hydrogens (tertiary/aromatic N) is 2. The van der Waals surface area contributed by atoms with Gasteiger partial charge in [-0.3, -0.25) is 0 Å². The summed E-state index contributed by atoms with van der Waals surface area (Å²) in [5.74, 6) is 0.246. The monoisotopic (exact) mass is 329 g/mol. The lowest BCUT2D eigenvalue weighted by Gasteiger charge is -2.12. The first-order chi connectivity index (χ1) is 11.2. The van der Waals surface area contributed by atoms with Gasteiger partial charge in [-0.2, -0.15) is 0 Å². The van der Waals surface area contributed by atoms with Gasteiger partial charge in [-0.25, -0.2) is 4.79 Å². The van der Waals surface area contributed by atoms with Crippen LogP contribution in [0.3, 0.4) is 0 Å². The van der Waals surface area contributed by atoms with Crippen molar-refractivity contribution in [2.45, 2.75) is 13.0 Å². The molecule has 0 saturated carbocycles. The van der Waals surface area contributed by atoms with Crippen LogP contribution in [-0.4, -0.2) is 23.2 Å². The van der Waals surface area contributed by atoms with Crippen molar-refractivity contribution < 1.29 is 13.9 Å². The number of nitrogens with one attached hydrogen (secondary N) is 1. The maximum Gasteiger partial charge on any atom is 0.341 e. The molecule has 2 heterocycles. The van der Waals surface area contributed by atoms with Crippen molar-refractivity contribution in [3.8, 4) is 10.8 Å². The van der Waals surface area contributed by atoms with Crippen LogP contribution in [0.15, 0.2) is 46.2 Å². The number of anilines is 1. The van der Waals surface area contributed by atoms with Crippen molar-refractivity contribution in [2.75, 3.05) is 12.4 Å². The van der Waals surface area contributed by atoms with Crippen LogP contribution in [-0.2, 0) is 4.74 Å². The molecule has 0 unspecified atom stereocenters. The largest absolute Gasteiger partial charge is 0.449 e. The Morgan fingerprint density at radius 2 is 2.09 bits per heavy atom. The smallest absolute Gasteiger partial charge is 0.341 e. The molecular weight excluding hydrogens is 314 g/mol. The number of carbonyl (C=O) groups excluding carboxylic acids is 1. The Balaban J connectivity index is 1.74. The fourth-order valence-electron chi connectivity index (χ4n) is 2.05. The third-order valence-corrected chi connectivity index (χ3v) is 4.08. The fourth-order valence-corrected chi connectivity index (χ4v) is 2.70. The summed E-state index contributed by atoms with van der Waals surface area (Å²) in [5.41, 5.74) is 1.16. The summed E-state index contributed by atoms with van der Waals surface area (Å²) in [6, 6.07) is 10.9. The molecule has 1 atom stereocenters. The standard InChI is InChI=1S/C16H15N3O3S/c1-10(14-18-19-15(22-14)13-8-5-9-23-13)21-16(20)11-6-3-4-7-12(11)17-2/h3-10,17H,1-2H3/t10-/m0/s1. The van der Waals surface area contributed by atoms with Gasteiger partial charge in [-0.15, -0.1) is 21.5 Å². The minimum atomic E-state index is -0.631. The van der Waals surface area contributed by atoms with Crippen LogP contribution in [0.4, 0.5) is 5.69 Å². The Kier molecular flexibility index (Phi) is 4.38. The van der Waals surface area contributed by atoms with Gasteiger partial charge in [0, 0.05) is 12.7 Å². The topological polar surface area (TPSA) is 77.2 Å². The Labute approximate surface area is 137 Å². The molecular formula is C16H15N3O3S. The molecule has 3 rings (SSSR count). The maximum absolute atomic E-state index is 12.3. The Morgan fingerprint density at radius 3 is 2.83 bits per heavy atom. The fraction of sp³-hybridized carbons (Fsp3) is 0.188. The van der Waals surface area contributed by atoms with Gasteiger partial charge in [0.15, 0.2) is 6.10 Å². The molecule has 3 aromatic rings. The zero-order valence-corrected chi connectivity index (χ0v) is 13.5. The molecule has 6 nitrogen and oxygen atoms in total. The number of para-hydroxylation sites is 1. The summed E-state index contributed by atoms with van der Waals surface area (Å²) in [7, 11) is 1.75. The highest BCUT2D eigenvalue weighted by Crippen LogP contribution is 2.26. The lowest BCUT2D eigenvalue weighted by atomic mass is 10.2. The zero-order valence-electron chi connectivity index (χ0n) is 12.6. The van der Waals surface area contributed by atoms with Crippen molar-refractivity contribution >= 4 is 23.0 Å². The molecule has 1 N–H and O–H groups in total. The van der Waals surface area contributed by atoms with E-state index in [1.807, 2.05) is 29.6 Å². The molecule has 0 saturated heterocycles. The second-order valence-electron chi connectivity index (χ2n) is 4.77. The average molecular weight is 329 g/mol. The molecule has 2 aromatic heterocycles. The number of hydrogen-bond donors (Lipinski definition) is 1. The number of rotatable bonds is 5. The van der Waals surface area contributed by atoms with E-state index in [9.17, 15) is 4.79 Å². The molecule has 7 heteroatoms. The van der Waals surface area contributed by atoms with Gasteiger partial charge in [-0.1, -0.05) is 18.2 Å². The maximum atomic E-state index is 12.3. The Hall–Kier alpha value is -2.67. The van der Waals surface area contributed by atoms with E-state index >= 15 is 0 Å². The Bertz CT molecular complexity index is 799. The summed E-state index contributed by atoms with van der Waals surface area (Å²) < 4.78 is 11.0. The number of esters is 1. The highest BCUT2D eigenvalue weighted by atomic mass is 32.1. The van der Waals surface area contributed by atoms with Crippen LogP contribution < -0.4 is 5.32 Å². The highest BCUT2D eigenvalue weighted by molar-refractivity contribution is 7.13. The van der Waals surface area contributed by atoms with Crippen LogP contribution in [0.2, 0.25) is 0 Å². The molecule has 0 radical (unpaired) electrons. The van der Waals surface area contributed by atoms with Crippen LogP contribution >= 0.6 is 11.3 Å². The quantitative estimate of drug-likeness (QED) is 0.718. The van der Waals surface area contributed by atoms with Crippen LogP contribution in [0.5, 0.6) is 0 Å². The first-order valence-electron chi connectivity index (χ1n) is 7.04. The second-order valence-corrected chi connectivity index (χ2v) is 5.71. The van der Waals surface area contributed by atoms with Crippen LogP contribution in [0.25, 0.3) is 10.8 Å².